The zero-order valence-corrected chi connectivity index (χ0v) is 8.32. The predicted molar refractivity (Wildman–Crippen MR) is 49.7 cm³/mol. The van der Waals surface area contributed by atoms with Crippen molar-refractivity contribution >= 4 is 0 Å². The van der Waals surface area contributed by atoms with Crippen molar-refractivity contribution in [1.82, 2.24) is 5.32 Å². The van der Waals surface area contributed by atoms with Crippen LogP contribution in [0.4, 0.5) is 0 Å². The first-order valence-electron chi connectivity index (χ1n) is 4.72. The number of rotatable bonds is 5. The van der Waals surface area contributed by atoms with Crippen molar-refractivity contribution in [2.75, 3.05) is 33.5 Å². The minimum absolute atomic E-state index is 0.0966. The van der Waals surface area contributed by atoms with E-state index in [4.69, 9.17) is 9.47 Å². The number of nitrogens with one attached hydrogen (secondary N) is 1. The molecule has 0 aromatic carbocycles. The molecule has 3 unspecified atom stereocenters. The van der Waals surface area contributed by atoms with Gasteiger partial charge in [0, 0.05) is 20.3 Å². The molecule has 1 aliphatic heterocycles. The van der Waals surface area contributed by atoms with Crippen molar-refractivity contribution in [3.8, 4) is 0 Å². The van der Waals surface area contributed by atoms with E-state index in [1.54, 1.807) is 7.11 Å². The first-order chi connectivity index (χ1) is 6.24. The summed E-state index contributed by atoms with van der Waals surface area (Å²) in [4.78, 5) is 0. The number of hydrogen-bond donors (Lipinski definition) is 2. The second kappa shape index (κ2) is 5.54. The lowest BCUT2D eigenvalue weighted by Crippen LogP contribution is -2.41. The Labute approximate surface area is 79.2 Å². The Kier molecular flexibility index (Phi) is 4.66. The Hall–Kier alpha value is -0.160. The number of methoxy groups -OCH3 is 1. The maximum Gasteiger partial charge on any atom is 0.0948 e. The Bertz CT molecular complexity index is 143. The van der Waals surface area contributed by atoms with Crippen LogP contribution in [0.5, 0.6) is 0 Å². The minimum Gasteiger partial charge on any atom is -0.389 e. The van der Waals surface area contributed by atoms with Gasteiger partial charge in [0.25, 0.3) is 0 Å². The standard InChI is InChI=1S/C9H19NO3/c1-7(4-12-2)3-10-8-5-13-6-9(8)11/h7-11H,3-6H2,1-2H3. The highest BCUT2D eigenvalue weighted by Crippen LogP contribution is 2.05. The average Bonchev–Trinajstić information content (AvgIpc) is 2.48. The van der Waals surface area contributed by atoms with Crippen LogP contribution >= 0.6 is 0 Å². The van der Waals surface area contributed by atoms with Gasteiger partial charge in [-0.15, -0.1) is 0 Å². The first kappa shape index (κ1) is 10.9. The molecule has 0 bridgehead atoms. The van der Waals surface area contributed by atoms with Crippen molar-refractivity contribution in [3.05, 3.63) is 0 Å². The molecule has 1 rings (SSSR count). The van der Waals surface area contributed by atoms with E-state index in [0.29, 0.717) is 19.1 Å². The molecule has 4 heteroatoms. The quantitative estimate of drug-likeness (QED) is 0.619. The third-order valence-electron chi connectivity index (χ3n) is 2.23. The van der Waals surface area contributed by atoms with E-state index in [1.807, 2.05) is 0 Å². The highest BCUT2D eigenvalue weighted by molar-refractivity contribution is 4.80. The lowest BCUT2D eigenvalue weighted by atomic mass is 10.1. The summed E-state index contributed by atoms with van der Waals surface area (Å²) in [6, 6.07) is 0.0966. The number of aliphatic hydroxyl groups excluding tert-OH is 1. The molecule has 3 atom stereocenters. The molecule has 0 aromatic heterocycles. The Morgan fingerprint density at radius 1 is 1.62 bits per heavy atom. The molecule has 4 nitrogen and oxygen atoms in total. The number of hydrogen-bond acceptors (Lipinski definition) is 4. The molecule has 1 saturated heterocycles. The van der Waals surface area contributed by atoms with Gasteiger partial charge in [0.15, 0.2) is 0 Å². The Balaban J connectivity index is 2.10. The largest absolute Gasteiger partial charge is 0.389 e. The summed E-state index contributed by atoms with van der Waals surface area (Å²) < 4.78 is 10.1. The van der Waals surface area contributed by atoms with Gasteiger partial charge in [-0.05, 0) is 5.92 Å². The Morgan fingerprint density at radius 2 is 2.38 bits per heavy atom. The maximum absolute atomic E-state index is 9.41. The van der Waals surface area contributed by atoms with Crippen molar-refractivity contribution < 1.29 is 14.6 Å². The van der Waals surface area contributed by atoms with Gasteiger partial charge in [0.05, 0.1) is 25.4 Å². The maximum atomic E-state index is 9.41. The van der Waals surface area contributed by atoms with Crippen molar-refractivity contribution in [2.24, 2.45) is 5.92 Å². The SMILES string of the molecule is COCC(C)CNC1COCC1O. The summed E-state index contributed by atoms with van der Waals surface area (Å²) in [5, 5.41) is 12.7. The molecule has 1 fully saturated rings. The summed E-state index contributed by atoms with van der Waals surface area (Å²) in [5.74, 6) is 0.470. The molecule has 0 radical (unpaired) electrons. The van der Waals surface area contributed by atoms with E-state index in [2.05, 4.69) is 12.2 Å². The predicted octanol–water partition coefficient (Wildman–Crippen LogP) is -0.382. The highest BCUT2D eigenvalue weighted by Gasteiger charge is 2.25. The van der Waals surface area contributed by atoms with Crippen LogP contribution < -0.4 is 5.32 Å². The molecule has 0 spiro atoms. The van der Waals surface area contributed by atoms with Crippen LogP contribution in [0.25, 0.3) is 0 Å². The Morgan fingerprint density at radius 3 is 2.92 bits per heavy atom. The van der Waals surface area contributed by atoms with Gasteiger partial charge in [-0.1, -0.05) is 6.92 Å². The molecule has 0 saturated carbocycles. The third kappa shape index (κ3) is 3.60. The molecular formula is C9H19NO3. The fourth-order valence-electron chi connectivity index (χ4n) is 1.43. The van der Waals surface area contributed by atoms with Gasteiger partial charge in [-0.25, -0.2) is 0 Å². The first-order valence-corrected chi connectivity index (χ1v) is 4.72. The van der Waals surface area contributed by atoms with Gasteiger partial charge in [-0.2, -0.15) is 0 Å². The average molecular weight is 189 g/mol. The molecular weight excluding hydrogens is 170 g/mol. The number of aliphatic hydroxyl groups is 1. The van der Waals surface area contributed by atoms with Crippen LogP contribution in [0.3, 0.4) is 0 Å². The monoisotopic (exact) mass is 189 g/mol. The summed E-state index contributed by atoms with van der Waals surface area (Å²) in [6.07, 6.45) is -0.352. The molecule has 0 amide bonds. The van der Waals surface area contributed by atoms with E-state index in [-0.39, 0.29) is 12.1 Å². The summed E-state index contributed by atoms with van der Waals surface area (Å²) in [5.41, 5.74) is 0. The van der Waals surface area contributed by atoms with E-state index in [9.17, 15) is 5.11 Å². The molecule has 2 N–H and O–H groups in total. The summed E-state index contributed by atoms with van der Waals surface area (Å²) in [6.45, 7) is 4.78. The van der Waals surface area contributed by atoms with Gasteiger partial charge >= 0.3 is 0 Å². The highest BCUT2D eigenvalue weighted by atomic mass is 16.5. The number of ether oxygens (including phenoxy) is 2. The zero-order chi connectivity index (χ0) is 9.68. The fourth-order valence-corrected chi connectivity index (χ4v) is 1.43. The van der Waals surface area contributed by atoms with Gasteiger partial charge in [-0.3, -0.25) is 0 Å². The lowest BCUT2D eigenvalue weighted by Gasteiger charge is -2.17. The van der Waals surface area contributed by atoms with Crippen LogP contribution in [0.1, 0.15) is 6.92 Å². The van der Waals surface area contributed by atoms with E-state index >= 15 is 0 Å². The van der Waals surface area contributed by atoms with Crippen LogP contribution in [0.15, 0.2) is 0 Å². The molecule has 1 heterocycles. The molecule has 78 valence electrons. The van der Waals surface area contributed by atoms with E-state index in [1.165, 1.54) is 0 Å². The summed E-state index contributed by atoms with van der Waals surface area (Å²) >= 11 is 0. The normalized spacial score (nSPS) is 30.7. The van der Waals surface area contributed by atoms with E-state index in [0.717, 1.165) is 13.2 Å². The van der Waals surface area contributed by atoms with Crippen molar-refractivity contribution in [3.63, 3.8) is 0 Å². The van der Waals surface area contributed by atoms with Crippen LogP contribution in [0.2, 0.25) is 0 Å². The third-order valence-corrected chi connectivity index (χ3v) is 2.23. The lowest BCUT2D eigenvalue weighted by molar-refractivity contribution is 0.120. The van der Waals surface area contributed by atoms with Gasteiger partial charge < -0.3 is 19.9 Å². The molecule has 13 heavy (non-hydrogen) atoms. The van der Waals surface area contributed by atoms with Crippen molar-refractivity contribution in [1.29, 1.82) is 0 Å². The minimum atomic E-state index is -0.352. The zero-order valence-electron chi connectivity index (χ0n) is 8.32. The molecule has 0 aromatic rings. The van der Waals surface area contributed by atoms with Gasteiger partial charge in [0.2, 0.25) is 0 Å². The molecule has 0 aliphatic carbocycles. The smallest absolute Gasteiger partial charge is 0.0948 e. The second-order valence-electron chi connectivity index (χ2n) is 3.68. The van der Waals surface area contributed by atoms with Crippen LogP contribution in [0, 0.1) is 5.92 Å². The second-order valence-corrected chi connectivity index (χ2v) is 3.68. The van der Waals surface area contributed by atoms with Crippen LogP contribution in [-0.2, 0) is 9.47 Å². The fraction of sp³-hybridized carbons (Fsp3) is 1.00. The van der Waals surface area contributed by atoms with Crippen LogP contribution in [-0.4, -0.2) is 50.7 Å². The topological polar surface area (TPSA) is 50.7 Å². The van der Waals surface area contributed by atoms with Crippen molar-refractivity contribution in [2.45, 2.75) is 19.1 Å². The van der Waals surface area contributed by atoms with E-state index < -0.39 is 0 Å². The molecule has 1 aliphatic rings. The summed E-state index contributed by atoms with van der Waals surface area (Å²) in [7, 11) is 1.70. The van der Waals surface area contributed by atoms with Gasteiger partial charge in [0.1, 0.15) is 0 Å².